The van der Waals surface area contributed by atoms with Crippen LogP contribution in [0.25, 0.3) is 33.1 Å². The summed E-state index contributed by atoms with van der Waals surface area (Å²) in [6, 6.07) is 11.6. The summed E-state index contributed by atoms with van der Waals surface area (Å²) in [4.78, 5) is 19.9. The fraction of sp³-hybridized carbons (Fsp3) is 0.333. The highest BCUT2D eigenvalue weighted by molar-refractivity contribution is 6.08. The van der Waals surface area contributed by atoms with Crippen LogP contribution in [-0.4, -0.2) is 34.1 Å². The van der Waals surface area contributed by atoms with E-state index in [1.54, 1.807) is 18.3 Å². The van der Waals surface area contributed by atoms with E-state index in [0.29, 0.717) is 22.2 Å². The molecular formula is C21H21N3O2. The molecule has 3 aromatic heterocycles. The van der Waals surface area contributed by atoms with Crippen molar-refractivity contribution in [3.63, 3.8) is 0 Å². The lowest BCUT2D eigenvalue weighted by molar-refractivity contribution is 0.222. The van der Waals surface area contributed by atoms with Crippen molar-refractivity contribution in [2.45, 2.75) is 25.8 Å². The molecule has 1 aliphatic heterocycles. The van der Waals surface area contributed by atoms with E-state index in [4.69, 9.17) is 4.42 Å². The lowest BCUT2D eigenvalue weighted by atomic mass is 10.1. The van der Waals surface area contributed by atoms with Crippen LogP contribution in [0.4, 0.5) is 0 Å². The highest BCUT2D eigenvalue weighted by atomic mass is 16.3. The van der Waals surface area contributed by atoms with Gasteiger partial charge in [-0.25, -0.2) is 4.98 Å². The van der Waals surface area contributed by atoms with E-state index in [2.05, 4.69) is 20.5 Å². The van der Waals surface area contributed by atoms with Gasteiger partial charge in [-0.1, -0.05) is 24.6 Å². The van der Waals surface area contributed by atoms with Gasteiger partial charge < -0.3 is 13.9 Å². The first-order valence-electron chi connectivity index (χ1n) is 9.34. The molecule has 5 rings (SSSR count). The third kappa shape index (κ3) is 2.42. The molecule has 1 aromatic carbocycles. The number of likely N-dealkylation sites (tertiary alicyclic amines) is 1. The second kappa shape index (κ2) is 6.25. The topological polar surface area (TPSA) is 51.3 Å². The highest BCUT2D eigenvalue weighted by Gasteiger charge is 2.19. The second-order valence-electron chi connectivity index (χ2n) is 7.04. The maximum absolute atomic E-state index is 13.1. The number of benzene rings is 1. The number of nitrogens with zero attached hydrogens (tertiary/aromatic N) is 3. The van der Waals surface area contributed by atoms with Gasteiger partial charge in [-0.3, -0.25) is 4.79 Å². The fourth-order valence-electron chi connectivity index (χ4n) is 4.12. The average Bonchev–Trinajstić information content (AvgIpc) is 3.01. The minimum absolute atomic E-state index is 0.00210. The Hall–Kier alpha value is -2.66. The maximum atomic E-state index is 13.1. The molecule has 1 aliphatic rings. The zero-order valence-corrected chi connectivity index (χ0v) is 14.6. The van der Waals surface area contributed by atoms with Gasteiger partial charge in [0.2, 0.25) is 16.9 Å². The minimum atomic E-state index is 0.00210. The molecule has 0 saturated carbocycles. The molecular weight excluding hydrogens is 326 g/mol. The smallest absolute Gasteiger partial charge is 0.232 e. The van der Waals surface area contributed by atoms with Gasteiger partial charge in [-0.15, -0.1) is 0 Å². The van der Waals surface area contributed by atoms with Crippen LogP contribution in [0.1, 0.15) is 19.3 Å². The van der Waals surface area contributed by atoms with E-state index < -0.39 is 0 Å². The number of hydrogen-bond donors (Lipinski definition) is 0. The first-order valence-corrected chi connectivity index (χ1v) is 9.34. The summed E-state index contributed by atoms with van der Waals surface area (Å²) >= 11 is 0. The standard InChI is InChI=1S/C21H21N3O2/c25-19-16-8-6-10-22-20(16)26-21-18(19)15-7-2-3-9-17(15)24(21)14-13-23-11-4-1-5-12-23/h2-3,6-10H,1,4-5,11-14H2. The van der Waals surface area contributed by atoms with Gasteiger partial charge in [0.25, 0.3) is 0 Å². The van der Waals surface area contributed by atoms with Gasteiger partial charge >= 0.3 is 0 Å². The molecule has 0 N–H and O–H groups in total. The Morgan fingerprint density at radius 3 is 2.65 bits per heavy atom. The Kier molecular flexibility index (Phi) is 3.75. The molecule has 1 saturated heterocycles. The lowest BCUT2D eigenvalue weighted by Crippen LogP contribution is -2.32. The third-order valence-electron chi connectivity index (χ3n) is 5.45. The van der Waals surface area contributed by atoms with Crippen LogP contribution in [0.2, 0.25) is 0 Å². The van der Waals surface area contributed by atoms with Crippen LogP contribution in [0.5, 0.6) is 0 Å². The Balaban J connectivity index is 1.71. The molecule has 26 heavy (non-hydrogen) atoms. The maximum Gasteiger partial charge on any atom is 0.232 e. The largest absolute Gasteiger partial charge is 0.421 e. The lowest BCUT2D eigenvalue weighted by Gasteiger charge is -2.26. The molecule has 5 heteroatoms. The van der Waals surface area contributed by atoms with E-state index in [0.717, 1.165) is 37.1 Å². The van der Waals surface area contributed by atoms with Crippen LogP contribution in [0.15, 0.2) is 51.8 Å². The van der Waals surface area contributed by atoms with E-state index in [1.165, 1.54) is 19.3 Å². The Morgan fingerprint density at radius 1 is 0.962 bits per heavy atom. The van der Waals surface area contributed by atoms with Gasteiger partial charge in [0.15, 0.2) is 0 Å². The molecule has 0 aliphatic carbocycles. The number of pyridine rings is 1. The van der Waals surface area contributed by atoms with Crippen molar-refractivity contribution in [2.75, 3.05) is 19.6 Å². The summed E-state index contributed by atoms with van der Waals surface area (Å²) in [5, 5.41) is 2.17. The molecule has 0 spiro atoms. The molecule has 0 bridgehead atoms. The van der Waals surface area contributed by atoms with Crippen LogP contribution in [0.3, 0.4) is 0 Å². The number of hydrogen-bond acceptors (Lipinski definition) is 4. The predicted octanol–water partition coefficient (Wildman–Crippen LogP) is 3.78. The van der Waals surface area contributed by atoms with Crippen molar-refractivity contribution >= 4 is 33.1 Å². The van der Waals surface area contributed by atoms with Crippen LogP contribution < -0.4 is 5.43 Å². The Morgan fingerprint density at radius 2 is 1.77 bits per heavy atom. The summed E-state index contributed by atoms with van der Waals surface area (Å²) in [7, 11) is 0. The second-order valence-corrected chi connectivity index (χ2v) is 7.04. The molecule has 132 valence electrons. The zero-order chi connectivity index (χ0) is 17.5. The number of para-hydroxylation sites is 1. The normalized spacial score (nSPS) is 16.0. The van der Waals surface area contributed by atoms with Crippen molar-refractivity contribution in [1.82, 2.24) is 14.5 Å². The minimum Gasteiger partial charge on any atom is -0.421 e. The van der Waals surface area contributed by atoms with E-state index in [9.17, 15) is 4.79 Å². The van der Waals surface area contributed by atoms with E-state index in [1.807, 2.05) is 18.2 Å². The summed E-state index contributed by atoms with van der Waals surface area (Å²) in [6.07, 6.45) is 5.55. The molecule has 0 radical (unpaired) electrons. The molecule has 4 heterocycles. The van der Waals surface area contributed by atoms with Crippen LogP contribution in [-0.2, 0) is 6.54 Å². The van der Waals surface area contributed by atoms with Crippen molar-refractivity contribution in [3.05, 3.63) is 52.8 Å². The quantitative estimate of drug-likeness (QED) is 0.566. The van der Waals surface area contributed by atoms with Gasteiger partial charge in [0, 0.05) is 24.7 Å². The SMILES string of the molecule is O=c1c2cccnc2oc2c1c1ccccc1n2CCN1CCCCC1. The molecule has 4 aromatic rings. The van der Waals surface area contributed by atoms with Gasteiger partial charge in [0.05, 0.1) is 16.3 Å². The van der Waals surface area contributed by atoms with Crippen molar-refractivity contribution < 1.29 is 4.42 Å². The first-order chi connectivity index (χ1) is 12.8. The number of fused-ring (bicyclic) bond motifs is 4. The Bertz CT molecular complexity index is 1150. The summed E-state index contributed by atoms with van der Waals surface area (Å²) in [5.74, 6) is 0. The molecule has 5 nitrogen and oxygen atoms in total. The number of piperidine rings is 1. The molecule has 0 atom stereocenters. The van der Waals surface area contributed by atoms with Crippen molar-refractivity contribution in [3.8, 4) is 0 Å². The van der Waals surface area contributed by atoms with Crippen molar-refractivity contribution in [1.29, 1.82) is 0 Å². The zero-order valence-electron chi connectivity index (χ0n) is 14.6. The highest BCUT2D eigenvalue weighted by Crippen LogP contribution is 2.28. The third-order valence-corrected chi connectivity index (χ3v) is 5.45. The monoisotopic (exact) mass is 347 g/mol. The number of aromatic nitrogens is 2. The fourth-order valence-corrected chi connectivity index (χ4v) is 4.12. The summed E-state index contributed by atoms with van der Waals surface area (Å²) in [5.41, 5.74) is 2.10. The summed E-state index contributed by atoms with van der Waals surface area (Å²) < 4.78 is 8.26. The molecule has 0 unspecified atom stereocenters. The van der Waals surface area contributed by atoms with Gasteiger partial charge in [-0.2, -0.15) is 0 Å². The van der Waals surface area contributed by atoms with Gasteiger partial charge in [0.1, 0.15) is 0 Å². The molecule has 0 amide bonds. The Labute approximate surface area is 150 Å². The van der Waals surface area contributed by atoms with Gasteiger partial charge in [-0.05, 0) is 44.1 Å². The van der Waals surface area contributed by atoms with Crippen LogP contribution >= 0.6 is 0 Å². The van der Waals surface area contributed by atoms with E-state index >= 15 is 0 Å². The first kappa shape index (κ1) is 15.6. The van der Waals surface area contributed by atoms with Crippen molar-refractivity contribution in [2.24, 2.45) is 0 Å². The molecule has 1 fully saturated rings. The average molecular weight is 347 g/mol. The predicted molar refractivity (Wildman–Crippen MR) is 104 cm³/mol. The summed E-state index contributed by atoms with van der Waals surface area (Å²) in [6.45, 7) is 4.10. The van der Waals surface area contributed by atoms with E-state index in [-0.39, 0.29) is 5.43 Å². The van der Waals surface area contributed by atoms with Crippen LogP contribution in [0, 0.1) is 0 Å². The number of rotatable bonds is 3.